The summed E-state index contributed by atoms with van der Waals surface area (Å²) in [6.07, 6.45) is 5.33. The van der Waals surface area contributed by atoms with Crippen molar-refractivity contribution >= 4 is 0 Å². The van der Waals surface area contributed by atoms with E-state index in [2.05, 4.69) is 5.32 Å². The highest BCUT2D eigenvalue weighted by Gasteiger charge is 2.33. The maximum atomic E-state index is 9.20. The molecule has 0 aromatic carbocycles. The summed E-state index contributed by atoms with van der Waals surface area (Å²) in [5, 5.41) is 12.6. The van der Waals surface area contributed by atoms with Crippen LogP contribution in [0.4, 0.5) is 0 Å². The number of fused-ring (bicyclic) bond motifs is 1. The fourth-order valence-electron chi connectivity index (χ4n) is 2.93. The van der Waals surface area contributed by atoms with Crippen molar-refractivity contribution in [3.63, 3.8) is 0 Å². The molecule has 2 heteroatoms. The molecule has 1 aliphatic carbocycles. The highest BCUT2D eigenvalue weighted by molar-refractivity contribution is 4.86. The molecule has 12 heavy (non-hydrogen) atoms. The van der Waals surface area contributed by atoms with Crippen molar-refractivity contribution in [3.8, 4) is 0 Å². The predicted molar refractivity (Wildman–Crippen MR) is 48.9 cm³/mol. The van der Waals surface area contributed by atoms with Crippen LogP contribution >= 0.6 is 0 Å². The van der Waals surface area contributed by atoms with Gasteiger partial charge in [-0.2, -0.15) is 0 Å². The van der Waals surface area contributed by atoms with Gasteiger partial charge in [-0.1, -0.05) is 12.8 Å². The summed E-state index contributed by atoms with van der Waals surface area (Å²) in [5.74, 6) is 2.28. The number of aliphatic hydroxyl groups excluding tert-OH is 1. The van der Waals surface area contributed by atoms with Crippen LogP contribution in [0.15, 0.2) is 0 Å². The monoisotopic (exact) mass is 169 g/mol. The van der Waals surface area contributed by atoms with Gasteiger partial charge in [0.05, 0.1) is 0 Å². The van der Waals surface area contributed by atoms with Gasteiger partial charge in [0.25, 0.3) is 0 Å². The Hall–Kier alpha value is -0.0800. The molecule has 0 bridgehead atoms. The lowest BCUT2D eigenvalue weighted by Gasteiger charge is -2.40. The van der Waals surface area contributed by atoms with E-state index in [0.717, 1.165) is 18.4 Å². The molecule has 2 aliphatic rings. The molecule has 1 saturated carbocycles. The van der Waals surface area contributed by atoms with E-state index >= 15 is 0 Å². The van der Waals surface area contributed by atoms with Crippen LogP contribution in [-0.4, -0.2) is 24.8 Å². The second kappa shape index (κ2) is 3.75. The number of hydrogen-bond donors (Lipinski definition) is 2. The third kappa shape index (κ3) is 1.50. The molecule has 3 atom stereocenters. The van der Waals surface area contributed by atoms with Gasteiger partial charge in [-0.25, -0.2) is 0 Å². The number of piperidine rings is 1. The molecule has 2 unspecified atom stereocenters. The summed E-state index contributed by atoms with van der Waals surface area (Å²) in [7, 11) is 0. The molecule has 2 rings (SSSR count). The lowest BCUT2D eigenvalue weighted by molar-refractivity contribution is 0.0695. The fraction of sp³-hybridized carbons (Fsp3) is 1.00. The average Bonchev–Trinajstić information content (AvgIpc) is 2.17. The molecule has 1 aliphatic heterocycles. The summed E-state index contributed by atoms with van der Waals surface area (Å²) in [4.78, 5) is 0. The fourth-order valence-corrected chi connectivity index (χ4v) is 2.93. The summed E-state index contributed by atoms with van der Waals surface area (Å²) in [6.45, 7) is 2.75. The first-order valence-corrected chi connectivity index (χ1v) is 5.23. The van der Waals surface area contributed by atoms with Crippen LogP contribution in [0.1, 0.15) is 25.7 Å². The quantitative estimate of drug-likeness (QED) is 0.614. The van der Waals surface area contributed by atoms with E-state index in [1.165, 1.54) is 32.2 Å². The van der Waals surface area contributed by atoms with E-state index in [1.54, 1.807) is 0 Å². The minimum absolute atomic E-state index is 0.406. The summed E-state index contributed by atoms with van der Waals surface area (Å²) < 4.78 is 0. The standard InChI is InChI=1S/C10H19NO/c12-7-9-3-1-2-8-4-5-11-6-10(8)9/h8-12H,1-7H2/t8?,9-,10?/m1/s1. The van der Waals surface area contributed by atoms with Gasteiger partial charge in [0.15, 0.2) is 0 Å². The Morgan fingerprint density at radius 1 is 1.25 bits per heavy atom. The van der Waals surface area contributed by atoms with Gasteiger partial charge in [-0.15, -0.1) is 0 Å². The molecule has 0 aromatic rings. The van der Waals surface area contributed by atoms with Crippen molar-refractivity contribution in [1.82, 2.24) is 5.32 Å². The lowest BCUT2D eigenvalue weighted by atomic mass is 9.69. The second-order valence-corrected chi connectivity index (χ2v) is 4.29. The van der Waals surface area contributed by atoms with Gasteiger partial charge >= 0.3 is 0 Å². The Bertz CT molecular complexity index is 140. The Labute approximate surface area is 74.4 Å². The number of hydrogen-bond acceptors (Lipinski definition) is 2. The van der Waals surface area contributed by atoms with Gasteiger partial charge in [0.1, 0.15) is 0 Å². The van der Waals surface area contributed by atoms with Crippen LogP contribution < -0.4 is 5.32 Å². The molecule has 0 radical (unpaired) electrons. The number of aliphatic hydroxyl groups is 1. The summed E-state index contributed by atoms with van der Waals surface area (Å²) in [6, 6.07) is 0. The minimum atomic E-state index is 0.406. The van der Waals surface area contributed by atoms with E-state index in [0.29, 0.717) is 12.5 Å². The molecule has 0 amide bonds. The largest absolute Gasteiger partial charge is 0.396 e. The minimum Gasteiger partial charge on any atom is -0.396 e. The van der Waals surface area contributed by atoms with E-state index in [9.17, 15) is 5.11 Å². The Morgan fingerprint density at radius 3 is 3.00 bits per heavy atom. The third-order valence-corrected chi connectivity index (χ3v) is 3.67. The molecule has 2 N–H and O–H groups in total. The van der Waals surface area contributed by atoms with Crippen LogP contribution in [0.2, 0.25) is 0 Å². The first-order valence-electron chi connectivity index (χ1n) is 5.23. The second-order valence-electron chi connectivity index (χ2n) is 4.29. The van der Waals surface area contributed by atoms with Gasteiger partial charge in [0, 0.05) is 6.61 Å². The SMILES string of the molecule is OC[C@H]1CCCC2CCNCC21. The van der Waals surface area contributed by atoms with E-state index in [-0.39, 0.29) is 0 Å². The molecular weight excluding hydrogens is 150 g/mol. The van der Waals surface area contributed by atoms with E-state index in [4.69, 9.17) is 0 Å². The Balaban J connectivity index is 1.99. The first-order chi connectivity index (χ1) is 5.92. The maximum absolute atomic E-state index is 9.20. The van der Waals surface area contributed by atoms with Crippen molar-refractivity contribution in [1.29, 1.82) is 0 Å². The average molecular weight is 169 g/mol. The molecule has 0 aromatic heterocycles. The summed E-state index contributed by atoms with van der Waals surface area (Å²) >= 11 is 0. The van der Waals surface area contributed by atoms with Crippen LogP contribution in [0.5, 0.6) is 0 Å². The zero-order chi connectivity index (χ0) is 8.39. The van der Waals surface area contributed by atoms with Crippen LogP contribution in [0.3, 0.4) is 0 Å². The van der Waals surface area contributed by atoms with Gasteiger partial charge < -0.3 is 10.4 Å². The van der Waals surface area contributed by atoms with Crippen LogP contribution in [-0.2, 0) is 0 Å². The van der Waals surface area contributed by atoms with Crippen LogP contribution in [0.25, 0.3) is 0 Å². The van der Waals surface area contributed by atoms with Crippen molar-refractivity contribution in [3.05, 3.63) is 0 Å². The summed E-state index contributed by atoms with van der Waals surface area (Å²) in [5.41, 5.74) is 0. The topological polar surface area (TPSA) is 32.3 Å². The van der Waals surface area contributed by atoms with Gasteiger partial charge in [-0.05, 0) is 43.7 Å². The lowest BCUT2D eigenvalue weighted by Crippen LogP contribution is -2.43. The molecule has 70 valence electrons. The van der Waals surface area contributed by atoms with Crippen molar-refractivity contribution in [2.75, 3.05) is 19.7 Å². The van der Waals surface area contributed by atoms with E-state index < -0.39 is 0 Å². The molecule has 1 saturated heterocycles. The number of rotatable bonds is 1. The Kier molecular flexibility index (Phi) is 2.66. The molecule has 2 fully saturated rings. The van der Waals surface area contributed by atoms with Crippen LogP contribution in [0, 0.1) is 17.8 Å². The zero-order valence-corrected chi connectivity index (χ0v) is 7.63. The molecule has 2 nitrogen and oxygen atoms in total. The normalized spacial score (nSPS) is 42.2. The third-order valence-electron chi connectivity index (χ3n) is 3.67. The molecule has 0 spiro atoms. The van der Waals surface area contributed by atoms with Crippen molar-refractivity contribution in [2.45, 2.75) is 25.7 Å². The predicted octanol–water partition coefficient (Wildman–Crippen LogP) is 1.00. The molecule has 1 heterocycles. The highest BCUT2D eigenvalue weighted by Crippen LogP contribution is 2.37. The van der Waals surface area contributed by atoms with Crippen molar-refractivity contribution in [2.24, 2.45) is 17.8 Å². The Morgan fingerprint density at radius 2 is 2.17 bits per heavy atom. The zero-order valence-electron chi connectivity index (χ0n) is 7.63. The first kappa shape index (κ1) is 8.52. The van der Waals surface area contributed by atoms with Gasteiger partial charge in [-0.3, -0.25) is 0 Å². The smallest absolute Gasteiger partial charge is 0.0462 e. The van der Waals surface area contributed by atoms with E-state index in [1.807, 2.05) is 0 Å². The number of nitrogens with one attached hydrogen (secondary N) is 1. The van der Waals surface area contributed by atoms with Gasteiger partial charge in [0.2, 0.25) is 0 Å². The van der Waals surface area contributed by atoms with Crippen molar-refractivity contribution < 1.29 is 5.11 Å². The molecular formula is C10H19NO. The maximum Gasteiger partial charge on any atom is 0.0462 e. The highest BCUT2D eigenvalue weighted by atomic mass is 16.3.